The molecule has 1 N–H and O–H groups in total. The molecule has 0 bridgehead atoms. The number of amides is 2. The van der Waals surface area contributed by atoms with Crippen LogP contribution in [0.1, 0.15) is 49.8 Å². The molecule has 2 fully saturated rings. The van der Waals surface area contributed by atoms with Crippen molar-refractivity contribution >= 4 is 17.5 Å². The molecule has 2 amide bonds. The van der Waals surface area contributed by atoms with Crippen molar-refractivity contribution < 1.29 is 19.1 Å². The number of carbonyl (C=O) groups is 2. The van der Waals surface area contributed by atoms with Crippen LogP contribution in [0.4, 0.5) is 5.69 Å². The minimum Gasteiger partial charge on any atom is -0.496 e. The Morgan fingerprint density at radius 2 is 1.83 bits per heavy atom. The molecule has 0 aromatic heterocycles. The first-order valence-electron chi connectivity index (χ1n) is 13.2. The number of anilines is 1. The summed E-state index contributed by atoms with van der Waals surface area (Å²) in [6, 6.07) is 15.5. The predicted octanol–water partition coefficient (Wildman–Crippen LogP) is 4.29. The number of methoxy groups -OCH3 is 1. The Bertz CT molecular complexity index is 1000. The molecule has 0 radical (unpaired) electrons. The monoisotopic (exact) mass is 493 g/mol. The average molecular weight is 494 g/mol. The first-order chi connectivity index (χ1) is 17.6. The Kier molecular flexibility index (Phi) is 9.36. The Hall–Kier alpha value is -2.90. The van der Waals surface area contributed by atoms with Gasteiger partial charge in [-0.3, -0.25) is 14.5 Å². The van der Waals surface area contributed by atoms with Crippen molar-refractivity contribution in [2.45, 2.75) is 45.1 Å². The smallest absolute Gasteiger partial charge is 0.229 e. The van der Waals surface area contributed by atoms with Gasteiger partial charge in [0, 0.05) is 43.9 Å². The fraction of sp³-hybridized carbons (Fsp3) is 0.517. The first-order valence-corrected chi connectivity index (χ1v) is 13.2. The van der Waals surface area contributed by atoms with E-state index in [1.54, 1.807) is 7.11 Å². The number of nitrogens with zero attached hydrogens (tertiary/aromatic N) is 2. The molecule has 2 heterocycles. The third-order valence-corrected chi connectivity index (χ3v) is 7.30. The summed E-state index contributed by atoms with van der Waals surface area (Å²) in [4.78, 5) is 30.9. The van der Waals surface area contributed by atoms with E-state index in [9.17, 15) is 9.59 Å². The largest absolute Gasteiger partial charge is 0.496 e. The van der Waals surface area contributed by atoms with E-state index < -0.39 is 0 Å². The molecule has 2 aromatic rings. The normalized spacial score (nSPS) is 20.8. The van der Waals surface area contributed by atoms with Crippen molar-refractivity contribution in [1.82, 2.24) is 9.80 Å². The Morgan fingerprint density at radius 1 is 1.08 bits per heavy atom. The lowest BCUT2D eigenvalue weighted by Gasteiger charge is -2.41. The molecule has 2 unspecified atom stereocenters. The van der Waals surface area contributed by atoms with Crippen molar-refractivity contribution in [3.05, 3.63) is 59.7 Å². The van der Waals surface area contributed by atoms with Crippen molar-refractivity contribution in [1.29, 1.82) is 0 Å². The van der Waals surface area contributed by atoms with E-state index in [0.29, 0.717) is 25.1 Å². The van der Waals surface area contributed by atoms with Crippen LogP contribution >= 0.6 is 0 Å². The van der Waals surface area contributed by atoms with Gasteiger partial charge in [-0.2, -0.15) is 0 Å². The summed E-state index contributed by atoms with van der Waals surface area (Å²) in [6.07, 6.45) is 3.76. The summed E-state index contributed by atoms with van der Waals surface area (Å²) < 4.78 is 11.1. The van der Waals surface area contributed by atoms with Gasteiger partial charge in [0.05, 0.1) is 32.3 Å². The highest BCUT2D eigenvalue weighted by molar-refractivity contribution is 5.94. The van der Waals surface area contributed by atoms with Gasteiger partial charge in [-0.05, 0) is 43.0 Å². The summed E-state index contributed by atoms with van der Waals surface area (Å²) in [7, 11) is 1.63. The van der Waals surface area contributed by atoms with Gasteiger partial charge >= 0.3 is 0 Å². The van der Waals surface area contributed by atoms with Gasteiger partial charge in [0.25, 0.3) is 0 Å². The van der Waals surface area contributed by atoms with Crippen LogP contribution in [0, 0.1) is 5.92 Å². The zero-order valence-corrected chi connectivity index (χ0v) is 21.6. The van der Waals surface area contributed by atoms with Crippen LogP contribution in [0.2, 0.25) is 0 Å². The van der Waals surface area contributed by atoms with E-state index in [0.717, 1.165) is 63.4 Å². The van der Waals surface area contributed by atoms with E-state index in [1.165, 1.54) is 5.56 Å². The lowest BCUT2D eigenvalue weighted by molar-refractivity contribution is -0.142. The Balaban J connectivity index is 1.47. The van der Waals surface area contributed by atoms with Crippen LogP contribution in [0.5, 0.6) is 5.75 Å². The first kappa shape index (κ1) is 26.2. The Labute approximate surface area is 214 Å². The van der Waals surface area contributed by atoms with Gasteiger partial charge in [0.2, 0.25) is 11.8 Å². The fourth-order valence-corrected chi connectivity index (χ4v) is 5.22. The predicted molar refractivity (Wildman–Crippen MR) is 141 cm³/mol. The molecule has 7 nitrogen and oxygen atoms in total. The molecule has 0 aliphatic carbocycles. The lowest BCUT2D eigenvalue weighted by Crippen LogP contribution is -2.47. The number of carbonyl (C=O) groups excluding carboxylic acids is 2. The fourth-order valence-electron chi connectivity index (χ4n) is 5.22. The number of unbranched alkanes of at least 4 members (excludes halogenated alkanes) is 1. The number of nitrogens with one attached hydrogen (secondary N) is 1. The van der Waals surface area contributed by atoms with E-state index in [1.807, 2.05) is 41.3 Å². The highest BCUT2D eigenvalue weighted by Crippen LogP contribution is 2.41. The van der Waals surface area contributed by atoms with E-state index in [2.05, 4.69) is 29.3 Å². The van der Waals surface area contributed by atoms with Crippen LogP contribution in [-0.4, -0.2) is 68.1 Å². The number of hydrogen-bond acceptors (Lipinski definition) is 5. The maximum Gasteiger partial charge on any atom is 0.229 e. The molecule has 194 valence electrons. The maximum absolute atomic E-state index is 13.6. The second kappa shape index (κ2) is 12.9. The number of para-hydroxylation sites is 1. The quantitative estimate of drug-likeness (QED) is 0.535. The molecule has 36 heavy (non-hydrogen) atoms. The molecule has 2 aliphatic rings. The van der Waals surface area contributed by atoms with Gasteiger partial charge in [0.1, 0.15) is 5.75 Å². The van der Waals surface area contributed by atoms with Crippen molar-refractivity contribution in [2.24, 2.45) is 5.92 Å². The molecule has 2 aromatic carbocycles. The minimum atomic E-state index is -0.350. The topological polar surface area (TPSA) is 71.1 Å². The minimum absolute atomic E-state index is 0.0547. The zero-order chi connectivity index (χ0) is 25.3. The number of rotatable bonds is 10. The number of piperidine rings is 1. The van der Waals surface area contributed by atoms with E-state index in [4.69, 9.17) is 9.47 Å². The summed E-state index contributed by atoms with van der Waals surface area (Å²) in [5.74, 6) is 0.409. The third kappa shape index (κ3) is 6.45. The van der Waals surface area contributed by atoms with Crippen LogP contribution in [0.25, 0.3) is 0 Å². The number of likely N-dealkylation sites (tertiary alicyclic amines) is 1. The van der Waals surface area contributed by atoms with Crippen molar-refractivity contribution in [3.63, 3.8) is 0 Å². The number of hydrogen-bond donors (Lipinski definition) is 1. The summed E-state index contributed by atoms with van der Waals surface area (Å²) >= 11 is 0. The molecular weight excluding hydrogens is 454 g/mol. The van der Waals surface area contributed by atoms with Crippen molar-refractivity contribution in [2.75, 3.05) is 51.8 Å². The van der Waals surface area contributed by atoms with E-state index in [-0.39, 0.29) is 23.8 Å². The summed E-state index contributed by atoms with van der Waals surface area (Å²) in [5, 5.41) is 3.13. The Morgan fingerprint density at radius 3 is 2.56 bits per heavy atom. The third-order valence-electron chi connectivity index (χ3n) is 7.30. The van der Waals surface area contributed by atoms with Crippen LogP contribution in [0.3, 0.4) is 0 Å². The van der Waals surface area contributed by atoms with Crippen LogP contribution < -0.4 is 10.1 Å². The average Bonchev–Trinajstić information content (AvgIpc) is 2.92. The van der Waals surface area contributed by atoms with Crippen molar-refractivity contribution in [3.8, 4) is 5.75 Å². The molecule has 4 rings (SSSR count). The summed E-state index contributed by atoms with van der Waals surface area (Å²) in [6.45, 7) is 7.36. The zero-order valence-electron chi connectivity index (χ0n) is 21.6. The molecule has 2 saturated heterocycles. The molecule has 2 atom stereocenters. The molecule has 0 saturated carbocycles. The second-order valence-corrected chi connectivity index (χ2v) is 9.66. The summed E-state index contributed by atoms with van der Waals surface area (Å²) in [5.41, 5.74) is 2.93. The lowest BCUT2D eigenvalue weighted by atomic mass is 9.83. The molecule has 2 aliphatic heterocycles. The van der Waals surface area contributed by atoms with Gasteiger partial charge in [-0.15, -0.1) is 0 Å². The number of morpholine rings is 1. The number of benzene rings is 2. The number of ether oxygens (including phenoxy) is 2. The van der Waals surface area contributed by atoms with E-state index >= 15 is 0 Å². The molecule has 0 spiro atoms. The SMILES string of the molecule is CCCCN1C(=O)CCC(C(=O)Nc2ccc(CCN3CCOCC3)cc2)C1c1ccccc1OC. The molecule has 7 heteroatoms. The van der Waals surface area contributed by atoms with Gasteiger partial charge in [0.15, 0.2) is 0 Å². The van der Waals surface area contributed by atoms with Gasteiger partial charge < -0.3 is 19.7 Å². The van der Waals surface area contributed by atoms with Crippen LogP contribution in [-0.2, 0) is 20.7 Å². The maximum atomic E-state index is 13.6. The van der Waals surface area contributed by atoms with Gasteiger partial charge in [-0.25, -0.2) is 0 Å². The highest BCUT2D eigenvalue weighted by atomic mass is 16.5. The van der Waals surface area contributed by atoms with Crippen LogP contribution in [0.15, 0.2) is 48.5 Å². The second-order valence-electron chi connectivity index (χ2n) is 9.66. The molecular formula is C29H39N3O4. The van der Waals surface area contributed by atoms with Gasteiger partial charge in [-0.1, -0.05) is 43.7 Å². The highest BCUT2D eigenvalue weighted by Gasteiger charge is 2.41. The standard InChI is InChI=1S/C29H39N3O4/c1-3-4-16-32-27(33)14-13-25(28(32)24-7-5-6-8-26(24)35-2)29(34)30-23-11-9-22(10-12-23)15-17-31-18-20-36-21-19-31/h5-12,25,28H,3-4,13-21H2,1-2H3,(H,30,34).